The average molecular weight is 531 g/mol. The Labute approximate surface area is 225 Å². The van der Waals surface area contributed by atoms with E-state index in [2.05, 4.69) is 4.90 Å². The van der Waals surface area contributed by atoms with Crippen LogP contribution in [0, 0.1) is 5.92 Å². The minimum atomic E-state index is -0.702. The van der Waals surface area contributed by atoms with E-state index in [0.717, 1.165) is 31.6 Å². The van der Waals surface area contributed by atoms with E-state index in [1.807, 2.05) is 31.2 Å². The third-order valence-electron chi connectivity index (χ3n) is 6.01. The molecule has 0 unspecified atom stereocenters. The molecule has 1 aromatic rings. The lowest BCUT2D eigenvalue weighted by Gasteiger charge is -2.37. The molecule has 10 heteroatoms. The van der Waals surface area contributed by atoms with E-state index in [0.29, 0.717) is 31.8 Å². The molecule has 1 aromatic carbocycles. The van der Waals surface area contributed by atoms with Crippen LogP contribution in [0.4, 0.5) is 21.0 Å². The number of anilines is 1. The highest BCUT2D eigenvalue weighted by atomic mass is 16.6. The Morgan fingerprint density at radius 3 is 1.95 bits per heavy atom. The van der Waals surface area contributed by atoms with Gasteiger partial charge in [-0.1, -0.05) is 6.07 Å². The van der Waals surface area contributed by atoms with Crippen molar-refractivity contribution in [1.82, 2.24) is 9.80 Å². The summed E-state index contributed by atoms with van der Waals surface area (Å²) in [6, 6.07) is 7.64. The van der Waals surface area contributed by atoms with Crippen molar-refractivity contribution in [2.24, 2.45) is 10.9 Å². The molecule has 2 amide bonds. The second-order valence-electron chi connectivity index (χ2n) is 11.6. The number of hydrogen-bond donors (Lipinski definition) is 0. The number of carbonyl (C=O) groups is 3. The number of nitrogens with zero attached hydrogens (tertiary/aromatic N) is 4. The largest absolute Gasteiger partial charge is 0.466 e. The van der Waals surface area contributed by atoms with Crippen LogP contribution in [0.15, 0.2) is 29.3 Å². The van der Waals surface area contributed by atoms with Crippen molar-refractivity contribution < 1.29 is 28.6 Å². The van der Waals surface area contributed by atoms with Crippen LogP contribution in [0.3, 0.4) is 0 Å². The Bertz CT molecular complexity index is 997. The summed E-state index contributed by atoms with van der Waals surface area (Å²) in [5.74, 6) is -0.0337. The highest BCUT2D eigenvalue weighted by molar-refractivity contribution is 6.03. The van der Waals surface area contributed by atoms with Crippen LogP contribution in [-0.4, -0.2) is 77.9 Å². The first-order valence-electron chi connectivity index (χ1n) is 13.4. The topological polar surface area (TPSA) is 101 Å². The maximum Gasteiger partial charge on any atom is 0.417 e. The fourth-order valence-corrected chi connectivity index (χ4v) is 4.34. The number of esters is 1. The molecule has 0 spiro atoms. The monoisotopic (exact) mass is 530 g/mol. The fourth-order valence-electron chi connectivity index (χ4n) is 4.34. The van der Waals surface area contributed by atoms with Crippen LogP contribution >= 0.6 is 0 Å². The molecular weight excluding hydrogens is 488 g/mol. The third-order valence-corrected chi connectivity index (χ3v) is 6.01. The first-order valence-corrected chi connectivity index (χ1v) is 13.4. The normalized spacial score (nSPS) is 17.2. The lowest BCUT2D eigenvalue weighted by molar-refractivity contribution is -0.148. The first kappa shape index (κ1) is 29.3. The van der Waals surface area contributed by atoms with Gasteiger partial charge in [0.1, 0.15) is 11.2 Å². The number of rotatable bonds is 4. The maximum absolute atomic E-state index is 13.1. The van der Waals surface area contributed by atoms with E-state index >= 15 is 0 Å². The van der Waals surface area contributed by atoms with Gasteiger partial charge < -0.3 is 19.1 Å². The number of carbonyl (C=O) groups excluding carboxylic acids is 3. The highest BCUT2D eigenvalue weighted by Crippen LogP contribution is 2.28. The predicted octanol–water partition coefficient (Wildman–Crippen LogP) is 5.33. The van der Waals surface area contributed by atoms with Crippen molar-refractivity contribution in [3.05, 3.63) is 24.3 Å². The summed E-state index contributed by atoms with van der Waals surface area (Å²) in [4.78, 5) is 48.1. The predicted molar refractivity (Wildman–Crippen MR) is 146 cm³/mol. The molecule has 2 fully saturated rings. The molecular formula is C28H42N4O6. The van der Waals surface area contributed by atoms with E-state index in [9.17, 15) is 14.4 Å². The van der Waals surface area contributed by atoms with E-state index in [4.69, 9.17) is 19.2 Å². The van der Waals surface area contributed by atoms with Crippen molar-refractivity contribution in [1.29, 1.82) is 0 Å². The van der Waals surface area contributed by atoms with Gasteiger partial charge in [-0.05, 0) is 85.9 Å². The van der Waals surface area contributed by atoms with Crippen LogP contribution in [0.2, 0.25) is 0 Å². The van der Waals surface area contributed by atoms with Gasteiger partial charge in [-0.15, -0.1) is 0 Å². The fraction of sp³-hybridized carbons (Fsp3) is 0.643. The molecule has 0 atom stereocenters. The summed E-state index contributed by atoms with van der Waals surface area (Å²) in [6.45, 7) is 15.2. The van der Waals surface area contributed by atoms with Gasteiger partial charge in [0.2, 0.25) is 5.96 Å². The Hall–Kier alpha value is -3.30. The van der Waals surface area contributed by atoms with E-state index < -0.39 is 23.4 Å². The van der Waals surface area contributed by atoms with E-state index in [-0.39, 0.29) is 17.8 Å². The SMILES string of the molecule is CCOC(=O)C1CCN(c2cccc(N=C3N(C(=O)OC(C)(C)C)CCCN3C(=O)OC(C)(C)C)c2)CC1. The van der Waals surface area contributed by atoms with Crippen LogP contribution in [0.1, 0.15) is 67.7 Å². The molecule has 38 heavy (non-hydrogen) atoms. The molecule has 0 aliphatic carbocycles. The number of amides is 2. The lowest BCUT2D eigenvalue weighted by Crippen LogP contribution is -2.56. The number of aliphatic imine (C=N–C) groups is 1. The summed E-state index contributed by atoms with van der Waals surface area (Å²) in [5.41, 5.74) is 0.143. The summed E-state index contributed by atoms with van der Waals surface area (Å²) in [5, 5.41) is 0. The smallest absolute Gasteiger partial charge is 0.417 e. The standard InChI is InChI=1S/C28H42N4O6/c1-8-36-23(33)20-13-17-30(18-14-20)22-12-9-11-21(19-22)29-24-31(25(34)37-27(2,3)4)15-10-16-32(24)26(35)38-28(5,6)7/h9,11-12,19-20H,8,10,13-18H2,1-7H3. The number of piperidine rings is 1. The summed E-state index contributed by atoms with van der Waals surface area (Å²) < 4.78 is 16.4. The van der Waals surface area contributed by atoms with Gasteiger partial charge in [0.05, 0.1) is 18.2 Å². The van der Waals surface area contributed by atoms with Crippen molar-refractivity contribution in [3.63, 3.8) is 0 Å². The molecule has 210 valence electrons. The summed E-state index contributed by atoms with van der Waals surface area (Å²) >= 11 is 0. The van der Waals surface area contributed by atoms with Crippen molar-refractivity contribution in [3.8, 4) is 0 Å². The second-order valence-corrected chi connectivity index (χ2v) is 11.6. The zero-order chi connectivity index (χ0) is 28.1. The Balaban J connectivity index is 1.88. The molecule has 3 rings (SSSR count). The molecule has 0 saturated carbocycles. The Morgan fingerprint density at radius 2 is 1.45 bits per heavy atom. The van der Waals surface area contributed by atoms with Gasteiger partial charge in [-0.3, -0.25) is 4.79 Å². The average Bonchev–Trinajstić information content (AvgIpc) is 2.82. The Kier molecular flexibility index (Phi) is 9.27. The first-order chi connectivity index (χ1) is 17.8. The number of guanidine groups is 1. The zero-order valence-electron chi connectivity index (χ0n) is 23.8. The van der Waals surface area contributed by atoms with Crippen LogP contribution in [0.5, 0.6) is 0 Å². The molecule has 2 aliphatic heterocycles. The molecule has 2 saturated heterocycles. The van der Waals surface area contributed by atoms with Crippen LogP contribution in [-0.2, 0) is 19.0 Å². The van der Waals surface area contributed by atoms with Gasteiger partial charge >= 0.3 is 18.2 Å². The van der Waals surface area contributed by atoms with Gasteiger partial charge in [0, 0.05) is 31.9 Å². The second kappa shape index (κ2) is 12.0. The lowest BCUT2D eigenvalue weighted by atomic mass is 9.96. The molecule has 0 N–H and O–H groups in total. The Morgan fingerprint density at radius 1 is 0.895 bits per heavy atom. The van der Waals surface area contributed by atoms with Gasteiger partial charge in [-0.2, -0.15) is 0 Å². The van der Waals surface area contributed by atoms with Crippen molar-refractivity contribution in [2.75, 3.05) is 37.7 Å². The quantitative estimate of drug-likeness (QED) is 0.383. The van der Waals surface area contributed by atoms with Crippen molar-refractivity contribution in [2.45, 2.75) is 78.9 Å². The minimum Gasteiger partial charge on any atom is -0.466 e. The van der Waals surface area contributed by atoms with Gasteiger partial charge in [0.25, 0.3) is 0 Å². The van der Waals surface area contributed by atoms with Crippen LogP contribution < -0.4 is 4.90 Å². The molecule has 2 aliphatic rings. The number of hydrogen-bond acceptors (Lipinski definition) is 8. The molecule has 0 radical (unpaired) electrons. The maximum atomic E-state index is 13.1. The van der Waals surface area contributed by atoms with Crippen LogP contribution in [0.25, 0.3) is 0 Å². The molecule has 10 nitrogen and oxygen atoms in total. The molecule has 0 aromatic heterocycles. The highest BCUT2D eigenvalue weighted by Gasteiger charge is 2.37. The third kappa shape index (κ3) is 8.10. The summed E-state index contributed by atoms with van der Waals surface area (Å²) in [7, 11) is 0. The number of ether oxygens (including phenoxy) is 3. The van der Waals surface area contributed by atoms with Gasteiger partial charge in [0.15, 0.2) is 0 Å². The molecule has 0 bridgehead atoms. The minimum absolute atomic E-state index is 0.0818. The van der Waals surface area contributed by atoms with Gasteiger partial charge in [-0.25, -0.2) is 24.4 Å². The van der Waals surface area contributed by atoms with E-state index in [1.54, 1.807) is 41.5 Å². The summed E-state index contributed by atoms with van der Waals surface area (Å²) in [6.07, 6.45) is 0.864. The van der Waals surface area contributed by atoms with E-state index in [1.165, 1.54) is 9.80 Å². The molecule has 2 heterocycles. The zero-order valence-corrected chi connectivity index (χ0v) is 23.8. The number of benzene rings is 1. The van der Waals surface area contributed by atoms with Crippen molar-refractivity contribution >= 4 is 35.5 Å².